The Morgan fingerprint density at radius 1 is 1.50 bits per heavy atom. The van der Waals surface area contributed by atoms with Gasteiger partial charge in [0.25, 0.3) is 0 Å². The fourth-order valence-corrected chi connectivity index (χ4v) is 2.62. The Kier molecular flexibility index (Phi) is 3.88. The predicted molar refractivity (Wildman–Crippen MR) is 68.6 cm³/mol. The first-order chi connectivity index (χ1) is 7.81. The molecule has 0 bridgehead atoms. The first kappa shape index (κ1) is 11.5. The number of fused-ring (bicyclic) bond motifs is 1. The fourth-order valence-electron chi connectivity index (χ4n) is 2.27. The molecular weight excluding hydrogens is 218 g/mol. The average molecular weight is 235 g/mol. The van der Waals surface area contributed by atoms with Gasteiger partial charge in [0, 0.05) is 0 Å². The zero-order chi connectivity index (χ0) is 11.4. The molecule has 0 aromatic heterocycles. The van der Waals surface area contributed by atoms with Gasteiger partial charge < -0.3 is 5.32 Å². The number of hydrogen-bond acceptors (Lipinski definition) is 2. The van der Waals surface area contributed by atoms with Gasteiger partial charge >= 0.3 is 0 Å². The summed E-state index contributed by atoms with van der Waals surface area (Å²) < 4.78 is 0. The minimum Gasteiger partial charge on any atom is -0.349 e. The average Bonchev–Trinajstić information content (AvgIpc) is 2.30. The van der Waals surface area contributed by atoms with Crippen molar-refractivity contribution in [2.24, 2.45) is 0 Å². The van der Waals surface area contributed by atoms with Crippen molar-refractivity contribution >= 4 is 17.7 Å². The van der Waals surface area contributed by atoms with E-state index >= 15 is 0 Å². The van der Waals surface area contributed by atoms with E-state index in [2.05, 4.69) is 29.6 Å². The van der Waals surface area contributed by atoms with E-state index in [0.29, 0.717) is 5.75 Å². The van der Waals surface area contributed by atoms with Crippen LogP contribution in [0.1, 0.15) is 30.0 Å². The minimum atomic E-state index is 0.147. The highest BCUT2D eigenvalue weighted by Gasteiger charge is 2.20. The first-order valence-electron chi connectivity index (χ1n) is 5.67. The molecule has 1 N–H and O–H groups in total. The number of benzene rings is 1. The van der Waals surface area contributed by atoms with Crippen molar-refractivity contribution < 1.29 is 4.79 Å². The summed E-state index contributed by atoms with van der Waals surface area (Å²) in [5.74, 6) is 0.702. The maximum atomic E-state index is 11.6. The van der Waals surface area contributed by atoms with Crippen LogP contribution in [0.3, 0.4) is 0 Å². The van der Waals surface area contributed by atoms with Crippen molar-refractivity contribution in [1.82, 2.24) is 5.32 Å². The van der Waals surface area contributed by atoms with Gasteiger partial charge in [-0.25, -0.2) is 0 Å². The van der Waals surface area contributed by atoms with Gasteiger partial charge in [0.05, 0.1) is 11.8 Å². The quantitative estimate of drug-likeness (QED) is 0.872. The highest BCUT2D eigenvalue weighted by molar-refractivity contribution is 7.99. The zero-order valence-electron chi connectivity index (χ0n) is 9.53. The second kappa shape index (κ2) is 5.39. The Morgan fingerprint density at radius 3 is 3.12 bits per heavy atom. The number of rotatable bonds is 3. The van der Waals surface area contributed by atoms with E-state index < -0.39 is 0 Å². The second-order valence-corrected chi connectivity index (χ2v) is 5.01. The van der Waals surface area contributed by atoms with Gasteiger partial charge in [-0.1, -0.05) is 24.3 Å². The number of amides is 1. The molecule has 0 heterocycles. The molecule has 1 aromatic carbocycles. The van der Waals surface area contributed by atoms with Gasteiger partial charge in [-0.2, -0.15) is 11.8 Å². The molecule has 0 radical (unpaired) electrons. The minimum absolute atomic E-state index is 0.147. The molecule has 3 heteroatoms. The van der Waals surface area contributed by atoms with E-state index in [1.165, 1.54) is 17.5 Å². The van der Waals surface area contributed by atoms with Gasteiger partial charge in [-0.3, -0.25) is 4.79 Å². The van der Waals surface area contributed by atoms with E-state index in [1.807, 2.05) is 6.26 Å². The van der Waals surface area contributed by atoms with Crippen molar-refractivity contribution in [1.29, 1.82) is 0 Å². The van der Waals surface area contributed by atoms with E-state index in [4.69, 9.17) is 0 Å². The molecule has 0 saturated carbocycles. The molecule has 1 amide bonds. The molecule has 2 rings (SSSR count). The molecular formula is C13H17NOS. The first-order valence-corrected chi connectivity index (χ1v) is 7.06. The highest BCUT2D eigenvalue weighted by Crippen LogP contribution is 2.29. The van der Waals surface area contributed by atoms with Gasteiger partial charge in [-0.15, -0.1) is 0 Å². The number of carbonyl (C=O) groups is 1. The lowest BCUT2D eigenvalue weighted by Crippen LogP contribution is -2.32. The van der Waals surface area contributed by atoms with Crippen molar-refractivity contribution in [2.45, 2.75) is 25.3 Å². The van der Waals surface area contributed by atoms with Crippen LogP contribution in [-0.2, 0) is 11.2 Å². The van der Waals surface area contributed by atoms with E-state index in [1.54, 1.807) is 11.8 Å². The normalized spacial score (nSPS) is 18.9. The van der Waals surface area contributed by atoms with Crippen LogP contribution in [0.15, 0.2) is 24.3 Å². The Balaban J connectivity index is 2.10. The number of thioether (sulfide) groups is 1. The van der Waals surface area contributed by atoms with Gasteiger partial charge in [0.1, 0.15) is 0 Å². The number of hydrogen-bond donors (Lipinski definition) is 1. The number of aryl methyl sites for hydroxylation is 1. The molecule has 1 aromatic rings. The standard InChI is InChI=1S/C13H17NOS/c1-16-9-13(15)14-12-8-4-6-10-5-2-3-7-11(10)12/h2-3,5,7,12H,4,6,8-9H2,1H3,(H,14,15)/t12-/m1/s1. The fraction of sp³-hybridized carbons (Fsp3) is 0.462. The molecule has 0 spiro atoms. The lowest BCUT2D eigenvalue weighted by atomic mass is 9.88. The van der Waals surface area contributed by atoms with Crippen LogP contribution in [0, 0.1) is 0 Å². The van der Waals surface area contributed by atoms with Crippen LogP contribution in [0.4, 0.5) is 0 Å². The zero-order valence-corrected chi connectivity index (χ0v) is 10.3. The topological polar surface area (TPSA) is 29.1 Å². The van der Waals surface area contributed by atoms with Crippen LogP contribution in [0.25, 0.3) is 0 Å². The summed E-state index contributed by atoms with van der Waals surface area (Å²) >= 11 is 1.57. The summed E-state index contributed by atoms with van der Waals surface area (Å²) in [7, 11) is 0. The molecule has 1 atom stereocenters. The third-order valence-corrected chi connectivity index (χ3v) is 3.53. The second-order valence-electron chi connectivity index (χ2n) is 4.14. The van der Waals surface area contributed by atoms with Gasteiger partial charge in [0.2, 0.25) is 5.91 Å². The SMILES string of the molecule is CSCC(=O)N[C@@H]1CCCc2ccccc21. The summed E-state index contributed by atoms with van der Waals surface area (Å²) in [6, 6.07) is 8.66. The maximum absolute atomic E-state index is 11.6. The third kappa shape index (κ3) is 2.59. The van der Waals surface area contributed by atoms with Crippen LogP contribution >= 0.6 is 11.8 Å². The molecule has 1 aliphatic carbocycles. The van der Waals surface area contributed by atoms with Crippen LogP contribution in [-0.4, -0.2) is 17.9 Å². The summed E-state index contributed by atoms with van der Waals surface area (Å²) in [5, 5.41) is 3.12. The maximum Gasteiger partial charge on any atom is 0.230 e. The van der Waals surface area contributed by atoms with Crippen LogP contribution in [0.5, 0.6) is 0 Å². The summed E-state index contributed by atoms with van der Waals surface area (Å²) in [6.45, 7) is 0. The molecule has 0 unspecified atom stereocenters. The van der Waals surface area contributed by atoms with Crippen molar-refractivity contribution in [3.05, 3.63) is 35.4 Å². The molecule has 86 valence electrons. The van der Waals surface area contributed by atoms with E-state index in [9.17, 15) is 4.79 Å². The Hall–Kier alpha value is -0.960. The lowest BCUT2D eigenvalue weighted by Gasteiger charge is -2.26. The van der Waals surface area contributed by atoms with Gasteiger partial charge in [-0.05, 0) is 36.6 Å². The molecule has 1 aliphatic rings. The van der Waals surface area contributed by atoms with Crippen molar-refractivity contribution in [3.8, 4) is 0 Å². The summed E-state index contributed by atoms with van der Waals surface area (Å²) in [4.78, 5) is 11.6. The Morgan fingerprint density at radius 2 is 2.31 bits per heavy atom. The van der Waals surface area contributed by atoms with Crippen molar-refractivity contribution in [2.75, 3.05) is 12.0 Å². The highest BCUT2D eigenvalue weighted by atomic mass is 32.2. The number of nitrogens with one attached hydrogen (secondary N) is 1. The molecule has 0 saturated heterocycles. The molecule has 0 aliphatic heterocycles. The third-order valence-electron chi connectivity index (χ3n) is 2.98. The Bertz CT molecular complexity index is 378. The summed E-state index contributed by atoms with van der Waals surface area (Å²) in [5.41, 5.74) is 2.70. The monoisotopic (exact) mass is 235 g/mol. The van der Waals surface area contributed by atoms with Gasteiger partial charge in [0.15, 0.2) is 0 Å². The predicted octanol–water partition coefficient (Wildman–Crippen LogP) is 2.54. The number of carbonyl (C=O) groups excluding carboxylic acids is 1. The van der Waals surface area contributed by atoms with Crippen LogP contribution < -0.4 is 5.32 Å². The smallest absolute Gasteiger partial charge is 0.230 e. The molecule has 0 fully saturated rings. The Labute approximate surface area is 101 Å². The molecule has 2 nitrogen and oxygen atoms in total. The van der Waals surface area contributed by atoms with Crippen molar-refractivity contribution in [3.63, 3.8) is 0 Å². The lowest BCUT2D eigenvalue weighted by molar-refractivity contribution is -0.119. The van der Waals surface area contributed by atoms with E-state index in [-0.39, 0.29) is 11.9 Å². The summed E-state index contributed by atoms with van der Waals surface area (Å²) in [6.07, 6.45) is 5.33. The molecule has 16 heavy (non-hydrogen) atoms. The van der Waals surface area contributed by atoms with E-state index in [0.717, 1.165) is 12.8 Å². The van der Waals surface area contributed by atoms with Crippen LogP contribution in [0.2, 0.25) is 0 Å². The largest absolute Gasteiger partial charge is 0.349 e.